The molecule has 1 atom stereocenters. The van der Waals surface area contributed by atoms with E-state index in [1.54, 1.807) is 18.1 Å². The van der Waals surface area contributed by atoms with Crippen LogP contribution in [0.2, 0.25) is 0 Å². The molecule has 0 saturated heterocycles. The molecule has 3 rings (SSSR count). The molecule has 0 bridgehead atoms. The van der Waals surface area contributed by atoms with Crippen LogP contribution >= 0.6 is 0 Å². The van der Waals surface area contributed by atoms with E-state index in [2.05, 4.69) is 11.9 Å². The van der Waals surface area contributed by atoms with E-state index in [1.165, 1.54) is 0 Å². The Hall–Kier alpha value is -3.08. The van der Waals surface area contributed by atoms with Crippen molar-refractivity contribution in [1.82, 2.24) is 10.2 Å². The highest BCUT2D eigenvalue weighted by Gasteiger charge is 2.30. The zero-order chi connectivity index (χ0) is 18.7. The molecule has 1 unspecified atom stereocenters. The molecular formula is C21H22N2O3. The number of hydrogen-bond donors (Lipinski definition) is 1. The summed E-state index contributed by atoms with van der Waals surface area (Å²) in [4.78, 5) is 26.4. The smallest absolute Gasteiger partial charge is 0.258 e. The molecule has 2 aromatic rings. The number of nitrogens with one attached hydrogen (secondary N) is 1. The van der Waals surface area contributed by atoms with Gasteiger partial charge in [-0.1, -0.05) is 43.0 Å². The number of benzene rings is 2. The van der Waals surface area contributed by atoms with E-state index in [-0.39, 0.29) is 24.3 Å². The molecule has 0 radical (unpaired) electrons. The summed E-state index contributed by atoms with van der Waals surface area (Å²) >= 11 is 0. The second kappa shape index (κ2) is 7.44. The maximum Gasteiger partial charge on any atom is 0.258 e. The summed E-state index contributed by atoms with van der Waals surface area (Å²) in [5, 5.41) is 2.96. The summed E-state index contributed by atoms with van der Waals surface area (Å²) in [6.45, 7) is 6.20. The molecule has 5 heteroatoms. The van der Waals surface area contributed by atoms with Crippen molar-refractivity contribution in [2.75, 3.05) is 13.7 Å². The third-order valence-corrected chi connectivity index (χ3v) is 4.58. The zero-order valence-electron chi connectivity index (χ0n) is 15.0. The summed E-state index contributed by atoms with van der Waals surface area (Å²) in [7, 11) is 1.61. The Kier molecular flexibility index (Phi) is 5.07. The van der Waals surface area contributed by atoms with Crippen molar-refractivity contribution in [3.05, 3.63) is 71.8 Å². The van der Waals surface area contributed by atoms with Gasteiger partial charge in [0.2, 0.25) is 5.91 Å². The van der Waals surface area contributed by atoms with Crippen molar-refractivity contribution in [2.45, 2.75) is 19.4 Å². The highest BCUT2D eigenvalue weighted by molar-refractivity contribution is 6.08. The molecule has 1 N–H and O–H groups in total. The van der Waals surface area contributed by atoms with Gasteiger partial charge in [0.25, 0.3) is 5.91 Å². The second-order valence-corrected chi connectivity index (χ2v) is 6.23. The quantitative estimate of drug-likeness (QED) is 0.869. The minimum absolute atomic E-state index is 0.101. The molecule has 1 aliphatic rings. The zero-order valence-corrected chi connectivity index (χ0v) is 15.0. The fourth-order valence-electron chi connectivity index (χ4n) is 3.20. The van der Waals surface area contributed by atoms with Gasteiger partial charge < -0.3 is 15.0 Å². The van der Waals surface area contributed by atoms with Gasteiger partial charge in [0.1, 0.15) is 5.75 Å². The maximum absolute atomic E-state index is 12.5. The number of carbonyl (C=O) groups excluding carboxylic acids is 2. The lowest BCUT2D eigenvalue weighted by Gasteiger charge is -2.20. The van der Waals surface area contributed by atoms with Crippen molar-refractivity contribution in [3.8, 4) is 5.75 Å². The predicted molar refractivity (Wildman–Crippen MR) is 101 cm³/mol. The van der Waals surface area contributed by atoms with Gasteiger partial charge in [0, 0.05) is 35.4 Å². The van der Waals surface area contributed by atoms with Crippen LogP contribution in [0.3, 0.4) is 0 Å². The van der Waals surface area contributed by atoms with E-state index in [0.717, 1.165) is 16.9 Å². The number of hydrogen-bond acceptors (Lipinski definition) is 3. The average molecular weight is 350 g/mol. The van der Waals surface area contributed by atoms with Crippen LogP contribution < -0.4 is 10.1 Å². The van der Waals surface area contributed by atoms with E-state index in [4.69, 9.17) is 4.74 Å². The molecule has 134 valence electrons. The molecule has 0 aliphatic carbocycles. The molecule has 26 heavy (non-hydrogen) atoms. The third-order valence-electron chi connectivity index (χ3n) is 4.58. The summed E-state index contributed by atoms with van der Waals surface area (Å²) in [5.41, 5.74) is 3.04. The molecule has 2 aromatic carbocycles. The Labute approximate surface area is 153 Å². The number of fused-ring (bicyclic) bond motifs is 1. The second-order valence-electron chi connectivity index (χ2n) is 6.23. The number of methoxy groups -OCH3 is 1. The Morgan fingerprint density at radius 3 is 2.50 bits per heavy atom. The molecule has 5 nitrogen and oxygen atoms in total. The Balaban J connectivity index is 1.60. The van der Waals surface area contributed by atoms with Crippen molar-refractivity contribution in [3.63, 3.8) is 0 Å². The number of amides is 2. The van der Waals surface area contributed by atoms with Crippen molar-refractivity contribution in [2.24, 2.45) is 0 Å². The normalized spacial score (nSPS) is 14.2. The van der Waals surface area contributed by atoms with Gasteiger partial charge >= 0.3 is 0 Å². The minimum Gasteiger partial charge on any atom is -0.496 e. The number of carbonyl (C=O) groups is 2. The summed E-state index contributed by atoms with van der Waals surface area (Å²) in [6, 6.07) is 14.8. The van der Waals surface area contributed by atoms with E-state index in [0.29, 0.717) is 17.8 Å². The third kappa shape index (κ3) is 3.33. The van der Waals surface area contributed by atoms with Gasteiger partial charge in [-0.2, -0.15) is 0 Å². The van der Waals surface area contributed by atoms with Gasteiger partial charge in [-0.25, -0.2) is 0 Å². The minimum atomic E-state index is -0.187. The van der Waals surface area contributed by atoms with Crippen LogP contribution in [-0.4, -0.2) is 30.4 Å². The lowest BCUT2D eigenvalue weighted by molar-refractivity contribution is -0.121. The number of rotatable bonds is 6. The van der Waals surface area contributed by atoms with E-state index in [1.807, 2.05) is 49.4 Å². The SMILES string of the molecule is C=C1c2ccccc2C(=O)N1CCC(=O)NC(C)c1ccccc1OC. The first-order valence-electron chi connectivity index (χ1n) is 8.55. The first kappa shape index (κ1) is 17.7. The average Bonchev–Trinajstić information content (AvgIpc) is 2.90. The molecule has 1 aliphatic heterocycles. The molecule has 0 aromatic heterocycles. The van der Waals surface area contributed by atoms with Gasteiger partial charge in [-0.15, -0.1) is 0 Å². The lowest BCUT2D eigenvalue weighted by Crippen LogP contribution is -2.32. The van der Waals surface area contributed by atoms with Gasteiger partial charge in [0.15, 0.2) is 0 Å². The number of nitrogens with zero attached hydrogens (tertiary/aromatic N) is 1. The molecule has 2 amide bonds. The van der Waals surface area contributed by atoms with E-state index in [9.17, 15) is 9.59 Å². The summed E-state index contributed by atoms with van der Waals surface area (Å²) < 4.78 is 5.34. The van der Waals surface area contributed by atoms with Crippen molar-refractivity contribution < 1.29 is 14.3 Å². The molecular weight excluding hydrogens is 328 g/mol. The first-order valence-corrected chi connectivity index (χ1v) is 8.55. The van der Waals surface area contributed by atoms with Crippen LogP contribution in [0.25, 0.3) is 5.70 Å². The fourth-order valence-corrected chi connectivity index (χ4v) is 3.20. The van der Waals surface area contributed by atoms with E-state index >= 15 is 0 Å². The molecule has 0 saturated carbocycles. The Morgan fingerprint density at radius 2 is 1.81 bits per heavy atom. The largest absolute Gasteiger partial charge is 0.496 e. The monoisotopic (exact) mass is 350 g/mol. The van der Waals surface area contributed by atoms with Crippen LogP contribution in [0.4, 0.5) is 0 Å². The summed E-state index contributed by atoms with van der Waals surface area (Å²) in [5.74, 6) is 0.509. The van der Waals surface area contributed by atoms with Crippen LogP contribution in [0.15, 0.2) is 55.1 Å². The first-order chi connectivity index (χ1) is 12.5. The lowest BCUT2D eigenvalue weighted by atomic mass is 10.1. The van der Waals surface area contributed by atoms with Gasteiger partial charge in [0.05, 0.1) is 13.2 Å². The Morgan fingerprint density at radius 1 is 1.15 bits per heavy atom. The standard InChI is InChI=1S/C21H22N2O3/c1-14(16-8-6-7-11-19(16)26-3)22-20(24)12-13-23-15(2)17-9-4-5-10-18(17)21(23)25/h4-11,14H,2,12-13H2,1,3H3,(H,22,24). The number of ether oxygens (including phenoxy) is 1. The Bertz CT molecular complexity index is 825. The van der Waals surface area contributed by atoms with Crippen LogP contribution in [0, 0.1) is 0 Å². The van der Waals surface area contributed by atoms with Crippen LogP contribution in [-0.2, 0) is 4.79 Å². The highest BCUT2D eigenvalue weighted by atomic mass is 16.5. The van der Waals surface area contributed by atoms with Crippen LogP contribution in [0.5, 0.6) is 5.75 Å². The predicted octanol–water partition coefficient (Wildman–Crippen LogP) is 3.39. The van der Waals surface area contributed by atoms with E-state index < -0.39 is 0 Å². The van der Waals surface area contributed by atoms with Crippen LogP contribution in [0.1, 0.15) is 40.9 Å². The van der Waals surface area contributed by atoms with Crippen molar-refractivity contribution >= 4 is 17.5 Å². The highest BCUT2D eigenvalue weighted by Crippen LogP contribution is 2.31. The van der Waals surface area contributed by atoms with Gasteiger partial charge in [-0.05, 0) is 19.1 Å². The molecule has 0 fully saturated rings. The topological polar surface area (TPSA) is 58.6 Å². The molecule has 1 heterocycles. The van der Waals surface area contributed by atoms with Gasteiger partial charge in [-0.3, -0.25) is 9.59 Å². The number of para-hydroxylation sites is 1. The molecule has 0 spiro atoms. The fraction of sp³-hybridized carbons (Fsp3) is 0.238. The summed E-state index contributed by atoms with van der Waals surface area (Å²) in [6.07, 6.45) is 0.207. The maximum atomic E-state index is 12.5. The van der Waals surface area contributed by atoms with Crippen molar-refractivity contribution in [1.29, 1.82) is 0 Å².